The number of benzene rings is 1. The second-order valence-corrected chi connectivity index (χ2v) is 4.29. The fourth-order valence-electron chi connectivity index (χ4n) is 1.81. The molecule has 0 aliphatic heterocycles. The van der Waals surface area contributed by atoms with Crippen LogP contribution in [0.5, 0.6) is 11.6 Å². The van der Waals surface area contributed by atoms with E-state index < -0.39 is 23.4 Å². The zero-order valence-electron chi connectivity index (χ0n) is 11.8. The lowest BCUT2D eigenvalue weighted by Gasteiger charge is -2.09. The monoisotopic (exact) mass is 314 g/mol. The van der Waals surface area contributed by atoms with Crippen LogP contribution in [0.15, 0.2) is 30.3 Å². The van der Waals surface area contributed by atoms with Gasteiger partial charge in [0.2, 0.25) is 5.88 Å². The maximum absolute atomic E-state index is 13.0. The van der Waals surface area contributed by atoms with Crippen molar-refractivity contribution in [1.29, 1.82) is 0 Å². The molecule has 0 unspecified atom stereocenters. The Hall–Kier alpha value is -2.51. The van der Waals surface area contributed by atoms with E-state index in [1.807, 2.05) is 0 Å². The smallest absolute Gasteiger partial charge is 0.436 e. The number of hydrogen-bond donors (Lipinski definition) is 0. The summed E-state index contributed by atoms with van der Waals surface area (Å²) in [4.78, 5) is 11.9. The summed E-state index contributed by atoms with van der Waals surface area (Å²) in [6.07, 6.45) is -4.79. The van der Waals surface area contributed by atoms with E-state index in [1.165, 1.54) is 14.0 Å². The summed E-state index contributed by atoms with van der Waals surface area (Å²) in [6, 6.07) is 8.13. The first-order chi connectivity index (χ1) is 10.3. The molecule has 0 atom stereocenters. The highest BCUT2D eigenvalue weighted by molar-refractivity contribution is 5.93. The number of ether oxygens (including phenoxy) is 2. The van der Waals surface area contributed by atoms with Gasteiger partial charge in [0.25, 0.3) is 0 Å². The molecule has 5 nitrogen and oxygen atoms in total. The summed E-state index contributed by atoms with van der Waals surface area (Å²) < 4.78 is 50.1. The minimum atomic E-state index is -4.79. The van der Waals surface area contributed by atoms with E-state index in [1.54, 1.807) is 30.3 Å². The summed E-state index contributed by atoms with van der Waals surface area (Å²) in [5.41, 5.74) is -2.07. The molecule has 118 valence electrons. The van der Waals surface area contributed by atoms with Crippen LogP contribution in [0.1, 0.15) is 23.0 Å². The largest absolute Gasteiger partial charge is 0.462 e. The Morgan fingerprint density at radius 2 is 1.91 bits per heavy atom. The molecule has 0 aliphatic rings. The van der Waals surface area contributed by atoms with Gasteiger partial charge in [-0.25, -0.2) is 9.48 Å². The summed E-state index contributed by atoms with van der Waals surface area (Å²) in [5.74, 6) is -1.17. The van der Waals surface area contributed by atoms with Crippen LogP contribution in [0.25, 0.3) is 0 Å². The van der Waals surface area contributed by atoms with Crippen molar-refractivity contribution in [3.63, 3.8) is 0 Å². The molecule has 0 amide bonds. The van der Waals surface area contributed by atoms with Crippen LogP contribution in [-0.4, -0.2) is 22.4 Å². The Morgan fingerprint density at radius 3 is 2.45 bits per heavy atom. The Kier molecular flexibility index (Phi) is 4.39. The molecule has 2 aromatic rings. The van der Waals surface area contributed by atoms with Gasteiger partial charge >= 0.3 is 12.1 Å². The van der Waals surface area contributed by atoms with Crippen molar-refractivity contribution in [2.24, 2.45) is 7.05 Å². The molecule has 2 rings (SSSR count). The van der Waals surface area contributed by atoms with Gasteiger partial charge in [-0.3, -0.25) is 0 Å². The number of hydrogen-bond acceptors (Lipinski definition) is 4. The summed E-state index contributed by atoms with van der Waals surface area (Å²) in [7, 11) is 1.26. The lowest BCUT2D eigenvalue weighted by atomic mass is 10.2. The van der Waals surface area contributed by atoms with Crippen LogP contribution < -0.4 is 4.74 Å². The molecule has 0 saturated heterocycles. The number of esters is 1. The molecule has 0 N–H and O–H groups in total. The van der Waals surface area contributed by atoms with E-state index in [0.29, 0.717) is 0 Å². The van der Waals surface area contributed by atoms with Crippen molar-refractivity contribution in [3.05, 3.63) is 41.6 Å². The zero-order valence-corrected chi connectivity index (χ0v) is 11.8. The first-order valence-electron chi connectivity index (χ1n) is 6.38. The molecule has 0 fully saturated rings. The first kappa shape index (κ1) is 15.9. The number of alkyl halides is 3. The number of halogens is 3. The Bertz CT molecular complexity index is 666. The molecule has 0 spiro atoms. The summed E-state index contributed by atoms with van der Waals surface area (Å²) >= 11 is 0. The number of carbonyl (C=O) groups excluding carboxylic acids is 1. The Morgan fingerprint density at radius 1 is 1.27 bits per heavy atom. The molecule has 0 saturated carbocycles. The van der Waals surface area contributed by atoms with E-state index in [-0.39, 0.29) is 18.2 Å². The lowest BCUT2D eigenvalue weighted by Crippen LogP contribution is -2.14. The Labute approximate surface area is 124 Å². The summed E-state index contributed by atoms with van der Waals surface area (Å²) in [6.45, 7) is 1.44. The third-order valence-corrected chi connectivity index (χ3v) is 2.70. The normalized spacial score (nSPS) is 11.3. The second kappa shape index (κ2) is 6.08. The van der Waals surface area contributed by atoms with E-state index in [0.717, 1.165) is 4.68 Å². The highest BCUT2D eigenvalue weighted by Gasteiger charge is 2.42. The average molecular weight is 314 g/mol. The fourth-order valence-corrected chi connectivity index (χ4v) is 1.81. The molecule has 0 bridgehead atoms. The quantitative estimate of drug-likeness (QED) is 0.812. The first-order valence-corrected chi connectivity index (χ1v) is 6.38. The van der Waals surface area contributed by atoms with Crippen LogP contribution in [0, 0.1) is 0 Å². The van der Waals surface area contributed by atoms with Gasteiger partial charge in [-0.15, -0.1) is 0 Å². The van der Waals surface area contributed by atoms with E-state index >= 15 is 0 Å². The maximum Gasteiger partial charge on any atom is 0.436 e. The van der Waals surface area contributed by atoms with Crippen molar-refractivity contribution in [2.75, 3.05) is 6.61 Å². The van der Waals surface area contributed by atoms with E-state index in [9.17, 15) is 18.0 Å². The van der Waals surface area contributed by atoms with Gasteiger partial charge in [0, 0.05) is 7.05 Å². The van der Waals surface area contributed by atoms with Crippen LogP contribution in [0.2, 0.25) is 0 Å². The van der Waals surface area contributed by atoms with Gasteiger partial charge in [0.1, 0.15) is 5.75 Å². The number of carbonyl (C=O) groups is 1. The molecule has 0 radical (unpaired) electrons. The summed E-state index contributed by atoms with van der Waals surface area (Å²) in [5, 5.41) is 3.35. The van der Waals surface area contributed by atoms with Crippen LogP contribution >= 0.6 is 0 Å². The van der Waals surface area contributed by atoms with Gasteiger partial charge in [-0.1, -0.05) is 18.2 Å². The number of nitrogens with zero attached hydrogens (tertiary/aromatic N) is 2. The predicted octanol–water partition coefficient (Wildman–Crippen LogP) is 3.41. The van der Waals surface area contributed by atoms with Gasteiger partial charge in [0.15, 0.2) is 11.3 Å². The van der Waals surface area contributed by atoms with Gasteiger partial charge in [-0.05, 0) is 19.1 Å². The van der Waals surface area contributed by atoms with Crippen molar-refractivity contribution in [3.8, 4) is 11.6 Å². The highest BCUT2D eigenvalue weighted by atomic mass is 19.4. The predicted molar refractivity (Wildman–Crippen MR) is 70.7 cm³/mol. The average Bonchev–Trinajstić information content (AvgIpc) is 2.78. The molecule has 1 aromatic carbocycles. The number of para-hydroxylation sites is 1. The maximum atomic E-state index is 13.0. The third-order valence-electron chi connectivity index (χ3n) is 2.70. The van der Waals surface area contributed by atoms with Crippen molar-refractivity contribution < 1.29 is 27.4 Å². The molecule has 1 aromatic heterocycles. The highest BCUT2D eigenvalue weighted by Crippen LogP contribution is 2.37. The van der Waals surface area contributed by atoms with E-state index in [2.05, 4.69) is 9.84 Å². The third kappa shape index (κ3) is 3.21. The van der Waals surface area contributed by atoms with Crippen LogP contribution in [0.3, 0.4) is 0 Å². The second-order valence-electron chi connectivity index (χ2n) is 4.29. The van der Waals surface area contributed by atoms with Gasteiger partial charge < -0.3 is 9.47 Å². The van der Waals surface area contributed by atoms with Gasteiger partial charge in [-0.2, -0.15) is 18.3 Å². The number of aryl methyl sites for hydroxylation is 1. The lowest BCUT2D eigenvalue weighted by molar-refractivity contribution is -0.142. The van der Waals surface area contributed by atoms with Crippen LogP contribution in [-0.2, 0) is 18.0 Å². The SMILES string of the molecule is CCOC(=O)c1c(C(F)(F)F)nn(C)c1Oc1ccccc1. The molecule has 22 heavy (non-hydrogen) atoms. The molecule has 0 aliphatic carbocycles. The Balaban J connectivity index is 2.52. The number of aromatic nitrogens is 2. The van der Waals surface area contributed by atoms with Crippen molar-refractivity contribution >= 4 is 5.97 Å². The van der Waals surface area contributed by atoms with Crippen molar-refractivity contribution in [1.82, 2.24) is 9.78 Å². The molecular formula is C14H13F3N2O3. The standard InChI is InChI=1S/C14H13F3N2O3/c1-3-21-13(20)10-11(14(15,16)17)18-19(2)12(10)22-9-7-5-4-6-8-9/h4-8H,3H2,1-2H3. The number of rotatable bonds is 4. The fraction of sp³-hybridized carbons (Fsp3) is 0.286. The zero-order chi connectivity index (χ0) is 16.3. The van der Waals surface area contributed by atoms with E-state index in [4.69, 9.17) is 4.74 Å². The van der Waals surface area contributed by atoms with Crippen LogP contribution in [0.4, 0.5) is 13.2 Å². The minimum absolute atomic E-state index is 0.0597. The molecule has 8 heteroatoms. The van der Waals surface area contributed by atoms with Crippen molar-refractivity contribution in [2.45, 2.75) is 13.1 Å². The topological polar surface area (TPSA) is 53.3 Å². The molecular weight excluding hydrogens is 301 g/mol. The van der Waals surface area contributed by atoms with Gasteiger partial charge in [0.05, 0.1) is 6.61 Å². The molecule has 1 heterocycles. The minimum Gasteiger partial charge on any atom is -0.462 e.